The molecule has 0 spiro atoms. The number of hydrogen-bond donors (Lipinski definition) is 3. The first-order valence-electron chi connectivity index (χ1n) is 6.56. The summed E-state index contributed by atoms with van der Waals surface area (Å²) in [6.07, 6.45) is 3.16. The van der Waals surface area contributed by atoms with E-state index in [0.717, 1.165) is 6.42 Å². The van der Waals surface area contributed by atoms with Crippen LogP contribution in [0.3, 0.4) is 0 Å². The van der Waals surface area contributed by atoms with Crippen molar-refractivity contribution >= 4 is 6.03 Å². The fraction of sp³-hybridized carbons (Fsp3) is 0.400. The number of nitrogens with one attached hydrogen (secondary N) is 2. The van der Waals surface area contributed by atoms with E-state index in [1.165, 1.54) is 5.56 Å². The topological polar surface area (TPSA) is 61.4 Å². The van der Waals surface area contributed by atoms with Gasteiger partial charge >= 0.3 is 6.03 Å². The van der Waals surface area contributed by atoms with E-state index in [2.05, 4.69) is 29.3 Å². The molecule has 4 nitrogen and oxygen atoms in total. The average Bonchev–Trinajstić information content (AvgIpc) is 2.45. The van der Waals surface area contributed by atoms with Gasteiger partial charge in [0.15, 0.2) is 0 Å². The lowest BCUT2D eigenvalue weighted by atomic mass is 9.93. The molecule has 0 heterocycles. The lowest BCUT2D eigenvalue weighted by molar-refractivity contribution is 0.240. The van der Waals surface area contributed by atoms with Gasteiger partial charge in [-0.2, -0.15) is 0 Å². The van der Waals surface area contributed by atoms with Crippen LogP contribution in [0.4, 0.5) is 4.79 Å². The second-order valence-corrected chi connectivity index (χ2v) is 4.33. The van der Waals surface area contributed by atoms with E-state index in [9.17, 15) is 4.79 Å². The Bertz CT molecular complexity index is 379. The van der Waals surface area contributed by atoms with Crippen LogP contribution < -0.4 is 10.6 Å². The number of aliphatic hydroxyl groups is 1. The van der Waals surface area contributed by atoms with Crippen molar-refractivity contribution in [3.05, 3.63) is 48.6 Å². The van der Waals surface area contributed by atoms with Crippen molar-refractivity contribution in [1.29, 1.82) is 0 Å². The lowest BCUT2D eigenvalue weighted by Gasteiger charge is -2.16. The van der Waals surface area contributed by atoms with Crippen LogP contribution in [0.25, 0.3) is 0 Å². The number of rotatable bonds is 8. The molecule has 0 fully saturated rings. The molecule has 1 aromatic carbocycles. The van der Waals surface area contributed by atoms with Gasteiger partial charge in [0.2, 0.25) is 0 Å². The van der Waals surface area contributed by atoms with E-state index in [1.54, 1.807) is 6.08 Å². The molecule has 0 saturated carbocycles. The van der Waals surface area contributed by atoms with Gasteiger partial charge < -0.3 is 15.7 Å². The number of hydrogen-bond acceptors (Lipinski definition) is 2. The van der Waals surface area contributed by atoms with Gasteiger partial charge in [0.1, 0.15) is 0 Å². The third-order valence-corrected chi connectivity index (χ3v) is 2.93. The van der Waals surface area contributed by atoms with Crippen LogP contribution >= 0.6 is 0 Å². The molecule has 19 heavy (non-hydrogen) atoms. The summed E-state index contributed by atoms with van der Waals surface area (Å²) >= 11 is 0. The molecule has 0 aliphatic carbocycles. The highest BCUT2D eigenvalue weighted by Gasteiger charge is 2.10. The number of carbonyl (C=O) groups excluding carboxylic acids is 1. The van der Waals surface area contributed by atoms with Gasteiger partial charge in [-0.15, -0.1) is 6.58 Å². The van der Waals surface area contributed by atoms with Crippen molar-refractivity contribution in [3.63, 3.8) is 0 Å². The summed E-state index contributed by atoms with van der Waals surface area (Å²) in [7, 11) is 0. The van der Waals surface area contributed by atoms with Crippen molar-refractivity contribution in [2.24, 2.45) is 0 Å². The molecule has 0 radical (unpaired) electrons. The van der Waals surface area contributed by atoms with E-state index in [0.29, 0.717) is 19.5 Å². The Morgan fingerprint density at radius 3 is 2.63 bits per heavy atom. The second kappa shape index (κ2) is 9.16. The zero-order chi connectivity index (χ0) is 13.9. The largest absolute Gasteiger partial charge is 0.396 e. The number of urea groups is 1. The first kappa shape index (κ1) is 15.2. The summed E-state index contributed by atoms with van der Waals surface area (Å²) in [6.45, 7) is 4.74. The predicted octanol–water partition coefficient (Wildman–Crippen LogP) is 2.03. The fourth-order valence-electron chi connectivity index (χ4n) is 1.95. The molecule has 0 aliphatic rings. The third-order valence-electron chi connectivity index (χ3n) is 2.93. The quantitative estimate of drug-likeness (QED) is 0.628. The molecule has 0 aromatic heterocycles. The molecule has 0 bridgehead atoms. The number of aliphatic hydroxyl groups excluding tert-OH is 1. The van der Waals surface area contributed by atoms with Crippen LogP contribution in [0, 0.1) is 0 Å². The Hall–Kier alpha value is -1.81. The molecule has 1 atom stereocenters. The van der Waals surface area contributed by atoms with Crippen molar-refractivity contribution in [2.45, 2.75) is 18.8 Å². The highest BCUT2D eigenvalue weighted by molar-refractivity contribution is 5.73. The van der Waals surface area contributed by atoms with Crippen molar-refractivity contribution in [2.75, 3.05) is 19.7 Å². The molecule has 1 unspecified atom stereocenters. The summed E-state index contributed by atoms with van der Waals surface area (Å²) in [5, 5.41) is 14.6. The molecular weight excluding hydrogens is 240 g/mol. The standard InChI is InChI=1S/C15H22N2O2/c1-2-10-16-15(19)17-11-8-14(9-12-18)13-6-4-3-5-7-13/h2-7,14,18H,1,8-12H2,(H2,16,17,19). The maximum absolute atomic E-state index is 11.4. The highest BCUT2D eigenvalue weighted by Crippen LogP contribution is 2.22. The molecule has 3 N–H and O–H groups in total. The van der Waals surface area contributed by atoms with Gasteiger partial charge in [0, 0.05) is 19.7 Å². The van der Waals surface area contributed by atoms with Crippen LogP contribution in [0.2, 0.25) is 0 Å². The number of carbonyl (C=O) groups is 1. The van der Waals surface area contributed by atoms with Crippen molar-refractivity contribution < 1.29 is 9.90 Å². The third kappa shape index (κ3) is 6.06. The second-order valence-electron chi connectivity index (χ2n) is 4.33. The van der Waals surface area contributed by atoms with Crippen LogP contribution in [0.15, 0.2) is 43.0 Å². The highest BCUT2D eigenvalue weighted by atomic mass is 16.3. The van der Waals surface area contributed by atoms with Gasteiger partial charge in [-0.25, -0.2) is 4.79 Å². The zero-order valence-electron chi connectivity index (χ0n) is 11.1. The minimum Gasteiger partial charge on any atom is -0.396 e. The fourth-order valence-corrected chi connectivity index (χ4v) is 1.95. The van der Waals surface area contributed by atoms with E-state index in [-0.39, 0.29) is 18.6 Å². The minimum absolute atomic E-state index is 0.155. The maximum atomic E-state index is 11.4. The SMILES string of the molecule is C=CCNC(=O)NCCC(CCO)c1ccccc1. The Morgan fingerprint density at radius 1 is 1.26 bits per heavy atom. The molecule has 1 aromatic rings. The van der Waals surface area contributed by atoms with Gasteiger partial charge in [0.05, 0.1) is 0 Å². The Labute approximate surface area is 114 Å². The minimum atomic E-state index is -0.185. The lowest BCUT2D eigenvalue weighted by Crippen LogP contribution is -2.36. The van der Waals surface area contributed by atoms with Crippen LogP contribution in [-0.4, -0.2) is 30.8 Å². The molecule has 4 heteroatoms. The smallest absolute Gasteiger partial charge is 0.315 e. The Kier molecular flexibility index (Phi) is 7.35. The molecule has 0 aliphatic heterocycles. The first-order chi connectivity index (χ1) is 9.27. The van der Waals surface area contributed by atoms with Gasteiger partial charge in [-0.3, -0.25) is 0 Å². The summed E-state index contributed by atoms with van der Waals surface area (Å²) in [5.74, 6) is 0.269. The molecule has 1 rings (SSSR count). The molecule has 104 valence electrons. The van der Waals surface area contributed by atoms with E-state index in [4.69, 9.17) is 5.11 Å². The van der Waals surface area contributed by atoms with Crippen LogP contribution in [0.1, 0.15) is 24.3 Å². The van der Waals surface area contributed by atoms with E-state index in [1.807, 2.05) is 18.2 Å². The van der Waals surface area contributed by atoms with Crippen molar-refractivity contribution in [1.82, 2.24) is 10.6 Å². The van der Waals surface area contributed by atoms with E-state index < -0.39 is 0 Å². The van der Waals surface area contributed by atoms with Gasteiger partial charge in [-0.1, -0.05) is 36.4 Å². The summed E-state index contributed by atoms with van der Waals surface area (Å²) in [6, 6.07) is 9.88. The van der Waals surface area contributed by atoms with Gasteiger partial charge in [0.25, 0.3) is 0 Å². The summed E-state index contributed by atoms with van der Waals surface area (Å²) in [5.41, 5.74) is 1.20. The normalized spacial score (nSPS) is 11.6. The van der Waals surface area contributed by atoms with Crippen LogP contribution in [0.5, 0.6) is 0 Å². The van der Waals surface area contributed by atoms with Crippen molar-refractivity contribution in [3.8, 4) is 0 Å². The first-order valence-corrected chi connectivity index (χ1v) is 6.56. The molecular formula is C15H22N2O2. The average molecular weight is 262 g/mol. The Morgan fingerprint density at radius 2 is 2.00 bits per heavy atom. The molecule has 0 saturated heterocycles. The predicted molar refractivity (Wildman–Crippen MR) is 77.1 cm³/mol. The monoisotopic (exact) mass is 262 g/mol. The summed E-state index contributed by atoms with van der Waals surface area (Å²) < 4.78 is 0. The summed E-state index contributed by atoms with van der Waals surface area (Å²) in [4.78, 5) is 11.4. The maximum Gasteiger partial charge on any atom is 0.315 e. The van der Waals surface area contributed by atoms with Gasteiger partial charge in [-0.05, 0) is 24.3 Å². The number of amides is 2. The zero-order valence-corrected chi connectivity index (χ0v) is 11.1. The van der Waals surface area contributed by atoms with Crippen LogP contribution in [-0.2, 0) is 0 Å². The number of benzene rings is 1. The molecule has 2 amide bonds. The Balaban J connectivity index is 2.38. The van der Waals surface area contributed by atoms with E-state index >= 15 is 0 Å².